The van der Waals surface area contributed by atoms with E-state index in [0.29, 0.717) is 5.69 Å². The van der Waals surface area contributed by atoms with Gasteiger partial charge < -0.3 is 9.51 Å². The maximum Gasteiger partial charge on any atom is 0.418 e. The molecule has 0 amide bonds. The van der Waals surface area contributed by atoms with Crippen LogP contribution >= 0.6 is 0 Å². The van der Waals surface area contributed by atoms with Crippen LogP contribution in [0.25, 0.3) is 5.65 Å². The molecule has 3 aromatic heterocycles. The lowest BCUT2D eigenvalue weighted by molar-refractivity contribution is -0.139. The monoisotopic (exact) mass is 367 g/mol. The van der Waals surface area contributed by atoms with Gasteiger partial charge in [-0.15, -0.1) is 0 Å². The van der Waals surface area contributed by atoms with Gasteiger partial charge in [0, 0.05) is 18.1 Å². The van der Waals surface area contributed by atoms with Crippen LogP contribution in [0, 0.1) is 0 Å². The van der Waals surface area contributed by atoms with E-state index in [1.165, 1.54) is 22.7 Å². The molecule has 3 rings (SSSR count). The van der Waals surface area contributed by atoms with Crippen molar-refractivity contribution in [3.8, 4) is 0 Å². The maximum absolute atomic E-state index is 15.0. The SMILES string of the molecule is CCc1c(C(F)c2ncccc2C(F)(F)F)nc2cc(C(=O)O)ccn12. The van der Waals surface area contributed by atoms with Crippen molar-refractivity contribution in [2.75, 3.05) is 0 Å². The minimum atomic E-state index is -4.75. The van der Waals surface area contributed by atoms with Gasteiger partial charge in [0.25, 0.3) is 0 Å². The molecule has 136 valence electrons. The normalized spacial score (nSPS) is 13.1. The number of rotatable bonds is 4. The topological polar surface area (TPSA) is 67.5 Å². The molecule has 1 N–H and O–H groups in total. The zero-order valence-electron chi connectivity index (χ0n) is 13.5. The minimum Gasteiger partial charge on any atom is -0.478 e. The molecule has 0 fully saturated rings. The lowest BCUT2D eigenvalue weighted by atomic mass is 10.1. The molecule has 0 saturated carbocycles. The van der Waals surface area contributed by atoms with E-state index in [9.17, 15) is 18.0 Å². The van der Waals surface area contributed by atoms with E-state index < -0.39 is 29.6 Å². The summed E-state index contributed by atoms with van der Waals surface area (Å²) in [6, 6.07) is 4.40. The number of fused-ring (bicyclic) bond motifs is 1. The number of pyridine rings is 2. The fourth-order valence-corrected chi connectivity index (χ4v) is 2.79. The fourth-order valence-electron chi connectivity index (χ4n) is 2.79. The van der Waals surface area contributed by atoms with E-state index in [-0.39, 0.29) is 23.3 Å². The van der Waals surface area contributed by atoms with Gasteiger partial charge in [0.2, 0.25) is 0 Å². The lowest BCUT2D eigenvalue weighted by Gasteiger charge is -2.14. The number of aryl methyl sites for hydroxylation is 1. The van der Waals surface area contributed by atoms with E-state index in [0.717, 1.165) is 18.3 Å². The highest BCUT2D eigenvalue weighted by Gasteiger charge is 2.37. The first-order chi connectivity index (χ1) is 12.2. The Balaban J connectivity index is 2.18. The standard InChI is InChI=1S/C17H13F4N3O2/c1-2-11-15(23-12-8-9(16(25)26)5-7-24(11)12)13(18)14-10(17(19,20)21)4-3-6-22-14/h3-8,13H,2H2,1H3,(H,25,26). The number of alkyl halides is 4. The van der Waals surface area contributed by atoms with Crippen molar-refractivity contribution >= 4 is 11.6 Å². The first kappa shape index (κ1) is 17.8. The Labute approximate surface area is 144 Å². The number of hydrogen-bond acceptors (Lipinski definition) is 3. The summed E-state index contributed by atoms with van der Waals surface area (Å²) in [5.74, 6) is -1.18. The van der Waals surface area contributed by atoms with Gasteiger partial charge in [-0.1, -0.05) is 6.92 Å². The summed E-state index contributed by atoms with van der Waals surface area (Å²) < 4.78 is 56.0. The molecule has 0 saturated heterocycles. The van der Waals surface area contributed by atoms with E-state index in [4.69, 9.17) is 5.11 Å². The van der Waals surface area contributed by atoms with Gasteiger partial charge in [-0.25, -0.2) is 14.2 Å². The van der Waals surface area contributed by atoms with Crippen LogP contribution in [0.3, 0.4) is 0 Å². The van der Waals surface area contributed by atoms with E-state index >= 15 is 4.39 Å². The fraction of sp³-hybridized carbons (Fsp3) is 0.235. The van der Waals surface area contributed by atoms with Crippen molar-refractivity contribution in [3.05, 3.63) is 64.9 Å². The Morgan fingerprint density at radius 2 is 2.04 bits per heavy atom. The van der Waals surface area contributed by atoms with Crippen LogP contribution in [0.1, 0.15) is 46.1 Å². The van der Waals surface area contributed by atoms with Crippen LogP contribution in [-0.4, -0.2) is 25.4 Å². The van der Waals surface area contributed by atoms with Gasteiger partial charge >= 0.3 is 12.1 Å². The van der Waals surface area contributed by atoms with Crippen molar-refractivity contribution in [1.82, 2.24) is 14.4 Å². The van der Waals surface area contributed by atoms with E-state index in [1.54, 1.807) is 6.92 Å². The van der Waals surface area contributed by atoms with Crippen LogP contribution in [0.15, 0.2) is 36.7 Å². The Bertz CT molecular complexity index is 982. The Hall–Kier alpha value is -2.97. The maximum atomic E-state index is 15.0. The second-order valence-corrected chi connectivity index (χ2v) is 5.54. The summed E-state index contributed by atoms with van der Waals surface area (Å²) in [5.41, 5.74) is -1.71. The second-order valence-electron chi connectivity index (χ2n) is 5.54. The first-order valence-electron chi connectivity index (χ1n) is 7.64. The lowest BCUT2D eigenvalue weighted by Crippen LogP contribution is -2.13. The highest BCUT2D eigenvalue weighted by molar-refractivity contribution is 5.88. The zero-order chi connectivity index (χ0) is 19.1. The number of nitrogens with zero attached hydrogens (tertiary/aromatic N) is 3. The van der Waals surface area contributed by atoms with Crippen LogP contribution in [0.4, 0.5) is 17.6 Å². The summed E-state index contributed by atoms with van der Waals surface area (Å²) in [4.78, 5) is 18.7. The van der Waals surface area contributed by atoms with Crippen molar-refractivity contribution in [2.45, 2.75) is 25.7 Å². The summed E-state index contributed by atoms with van der Waals surface area (Å²) in [6.07, 6.45) is -4.17. The molecule has 0 aromatic carbocycles. The average molecular weight is 367 g/mol. The quantitative estimate of drug-likeness (QED) is 0.706. The smallest absolute Gasteiger partial charge is 0.418 e. The number of carboxylic acids is 1. The number of aromatic nitrogens is 3. The van der Waals surface area contributed by atoms with Gasteiger partial charge in [0.05, 0.1) is 16.8 Å². The molecule has 26 heavy (non-hydrogen) atoms. The van der Waals surface area contributed by atoms with E-state index in [1.807, 2.05) is 0 Å². The molecule has 0 spiro atoms. The predicted molar refractivity (Wildman–Crippen MR) is 83.7 cm³/mol. The molecule has 0 bridgehead atoms. The molecule has 0 aliphatic heterocycles. The van der Waals surface area contributed by atoms with Crippen LogP contribution in [-0.2, 0) is 12.6 Å². The number of hydrogen-bond donors (Lipinski definition) is 1. The van der Waals surface area contributed by atoms with Crippen molar-refractivity contribution in [2.24, 2.45) is 0 Å². The number of carbonyl (C=O) groups is 1. The summed E-state index contributed by atoms with van der Waals surface area (Å²) >= 11 is 0. The van der Waals surface area contributed by atoms with Gasteiger partial charge in [-0.3, -0.25) is 4.98 Å². The van der Waals surface area contributed by atoms with Gasteiger partial charge in [0.1, 0.15) is 11.3 Å². The number of aromatic carboxylic acids is 1. The van der Waals surface area contributed by atoms with Crippen LogP contribution in [0.5, 0.6) is 0 Å². The highest BCUT2D eigenvalue weighted by atomic mass is 19.4. The Morgan fingerprint density at radius 1 is 1.31 bits per heavy atom. The molecule has 0 radical (unpaired) electrons. The third-order valence-electron chi connectivity index (χ3n) is 3.96. The molecule has 9 heteroatoms. The highest BCUT2D eigenvalue weighted by Crippen LogP contribution is 2.37. The molecule has 1 atom stereocenters. The molecule has 0 aliphatic carbocycles. The van der Waals surface area contributed by atoms with E-state index in [2.05, 4.69) is 9.97 Å². The molecule has 3 heterocycles. The Kier molecular flexibility index (Phi) is 4.39. The number of carboxylic acid groups (broad SMARTS) is 1. The molecular weight excluding hydrogens is 354 g/mol. The van der Waals surface area contributed by atoms with Crippen LogP contribution < -0.4 is 0 Å². The zero-order valence-corrected chi connectivity index (χ0v) is 13.5. The predicted octanol–water partition coefficient (Wildman–Crippen LogP) is 4.07. The summed E-state index contributed by atoms with van der Waals surface area (Å²) in [5, 5.41) is 9.04. The molecule has 3 aromatic rings. The molecule has 0 aliphatic rings. The number of imidazole rings is 1. The first-order valence-corrected chi connectivity index (χ1v) is 7.64. The summed E-state index contributed by atoms with van der Waals surface area (Å²) in [6.45, 7) is 1.70. The summed E-state index contributed by atoms with van der Waals surface area (Å²) in [7, 11) is 0. The van der Waals surface area contributed by atoms with Gasteiger partial charge in [-0.05, 0) is 30.7 Å². The van der Waals surface area contributed by atoms with Crippen molar-refractivity contribution in [1.29, 1.82) is 0 Å². The third-order valence-corrected chi connectivity index (χ3v) is 3.96. The molecule has 5 nitrogen and oxygen atoms in total. The largest absolute Gasteiger partial charge is 0.478 e. The Morgan fingerprint density at radius 3 is 2.65 bits per heavy atom. The van der Waals surface area contributed by atoms with Crippen LogP contribution in [0.2, 0.25) is 0 Å². The van der Waals surface area contributed by atoms with Gasteiger partial charge in [0.15, 0.2) is 6.17 Å². The second kappa shape index (κ2) is 6.40. The van der Waals surface area contributed by atoms with Crippen molar-refractivity contribution < 1.29 is 27.5 Å². The molecular formula is C17H13F4N3O2. The van der Waals surface area contributed by atoms with Crippen molar-refractivity contribution in [3.63, 3.8) is 0 Å². The average Bonchev–Trinajstić information content (AvgIpc) is 2.97. The molecule has 1 unspecified atom stereocenters. The third kappa shape index (κ3) is 3.00. The minimum absolute atomic E-state index is 0.0547. The number of halogens is 4. The van der Waals surface area contributed by atoms with Gasteiger partial charge in [-0.2, -0.15) is 13.2 Å².